The highest BCUT2D eigenvalue weighted by Crippen LogP contribution is 2.34. The Hall–Kier alpha value is -3.04. The van der Waals surface area contributed by atoms with Crippen molar-refractivity contribution in [3.63, 3.8) is 0 Å². The number of ether oxygens (including phenoxy) is 1. The molecular weight excluding hydrogens is 368 g/mol. The summed E-state index contributed by atoms with van der Waals surface area (Å²) in [5.41, 5.74) is 5.12. The van der Waals surface area contributed by atoms with Gasteiger partial charge in [-0.15, -0.1) is 0 Å². The fraction of sp³-hybridized carbons (Fsp3) is 0.125. The van der Waals surface area contributed by atoms with Crippen molar-refractivity contribution in [3.05, 3.63) is 101 Å². The molecule has 4 rings (SSSR count). The van der Waals surface area contributed by atoms with Gasteiger partial charge in [-0.25, -0.2) is 4.98 Å². The number of hydrogen-bond acceptors (Lipinski definition) is 3. The Balaban J connectivity index is 1.84. The van der Waals surface area contributed by atoms with Crippen molar-refractivity contribution in [1.29, 1.82) is 0 Å². The first-order chi connectivity index (χ1) is 13.7. The molecule has 0 saturated heterocycles. The van der Waals surface area contributed by atoms with Crippen LogP contribution in [0.25, 0.3) is 10.9 Å². The SMILES string of the molecule is COc1cccc2c(NC(c3ccccc3)c3ccc(Cl)cc3)cc(C)nc12. The van der Waals surface area contributed by atoms with E-state index in [0.29, 0.717) is 0 Å². The summed E-state index contributed by atoms with van der Waals surface area (Å²) in [6.45, 7) is 2.00. The predicted molar refractivity (Wildman–Crippen MR) is 116 cm³/mol. The van der Waals surface area contributed by atoms with Crippen molar-refractivity contribution in [3.8, 4) is 5.75 Å². The number of methoxy groups -OCH3 is 1. The maximum Gasteiger partial charge on any atom is 0.145 e. The monoisotopic (exact) mass is 388 g/mol. The third-order valence-electron chi connectivity index (χ3n) is 4.79. The average molecular weight is 389 g/mol. The normalized spacial score (nSPS) is 12.0. The first-order valence-corrected chi connectivity index (χ1v) is 9.55. The van der Waals surface area contributed by atoms with E-state index in [0.717, 1.165) is 38.6 Å². The highest BCUT2D eigenvalue weighted by molar-refractivity contribution is 6.30. The van der Waals surface area contributed by atoms with Crippen LogP contribution in [0.4, 0.5) is 5.69 Å². The molecule has 0 amide bonds. The molecule has 140 valence electrons. The lowest BCUT2D eigenvalue weighted by molar-refractivity contribution is 0.419. The number of para-hydroxylation sites is 1. The molecule has 0 fully saturated rings. The van der Waals surface area contributed by atoms with E-state index in [4.69, 9.17) is 16.3 Å². The van der Waals surface area contributed by atoms with Crippen LogP contribution < -0.4 is 10.1 Å². The molecule has 0 radical (unpaired) electrons. The number of nitrogens with zero attached hydrogens (tertiary/aromatic N) is 1. The van der Waals surface area contributed by atoms with Gasteiger partial charge in [-0.3, -0.25) is 0 Å². The van der Waals surface area contributed by atoms with Crippen molar-refractivity contribution in [2.45, 2.75) is 13.0 Å². The number of hydrogen-bond donors (Lipinski definition) is 1. The molecular formula is C24H21ClN2O. The van der Waals surface area contributed by atoms with Gasteiger partial charge in [-0.1, -0.05) is 66.2 Å². The number of benzene rings is 3. The standard InChI is InChI=1S/C24H21ClN2O/c1-16-15-21(20-9-6-10-22(28-2)24(20)26-16)27-23(17-7-4-3-5-8-17)18-11-13-19(25)14-12-18/h3-15,23H,1-2H3,(H,26,27). The third kappa shape index (κ3) is 3.67. The third-order valence-corrected chi connectivity index (χ3v) is 5.04. The minimum atomic E-state index is -0.0188. The fourth-order valence-corrected chi connectivity index (χ4v) is 3.58. The molecule has 0 aliphatic rings. The Labute approximate surface area is 170 Å². The first kappa shape index (κ1) is 18.3. The Morgan fingerprint density at radius 1 is 0.893 bits per heavy atom. The van der Waals surface area contributed by atoms with E-state index in [2.05, 4.69) is 58.8 Å². The number of aryl methyl sites for hydroxylation is 1. The number of halogens is 1. The summed E-state index contributed by atoms with van der Waals surface area (Å²) < 4.78 is 5.52. The Kier molecular flexibility index (Phi) is 5.18. The Morgan fingerprint density at radius 2 is 1.61 bits per heavy atom. The van der Waals surface area contributed by atoms with Gasteiger partial charge in [0.1, 0.15) is 11.3 Å². The van der Waals surface area contributed by atoms with Gasteiger partial charge in [0, 0.05) is 21.8 Å². The number of pyridine rings is 1. The molecule has 1 atom stereocenters. The molecule has 0 saturated carbocycles. The molecule has 1 aromatic heterocycles. The van der Waals surface area contributed by atoms with E-state index in [1.807, 2.05) is 37.3 Å². The smallest absolute Gasteiger partial charge is 0.145 e. The molecule has 1 N–H and O–H groups in total. The van der Waals surface area contributed by atoms with Crippen LogP contribution in [0, 0.1) is 6.92 Å². The second-order valence-corrected chi connectivity index (χ2v) is 7.14. The van der Waals surface area contributed by atoms with E-state index in [9.17, 15) is 0 Å². The number of nitrogens with one attached hydrogen (secondary N) is 1. The summed E-state index contributed by atoms with van der Waals surface area (Å²) in [6, 6.07) is 26.4. The average Bonchev–Trinajstić information content (AvgIpc) is 2.73. The van der Waals surface area contributed by atoms with Gasteiger partial charge in [-0.05, 0) is 42.3 Å². The van der Waals surface area contributed by atoms with Gasteiger partial charge in [-0.2, -0.15) is 0 Å². The minimum Gasteiger partial charge on any atom is -0.494 e. The zero-order chi connectivity index (χ0) is 19.5. The molecule has 1 unspecified atom stereocenters. The van der Waals surface area contributed by atoms with Crippen molar-refractivity contribution in [1.82, 2.24) is 4.98 Å². The maximum atomic E-state index is 6.11. The highest BCUT2D eigenvalue weighted by Gasteiger charge is 2.17. The van der Waals surface area contributed by atoms with Gasteiger partial charge in [0.25, 0.3) is 0 Å². The summed E-state index contributed by atoms with van der Waals surface area (Å²) in [7, 11) is 1.67. The summed E-state index contributed by atoms with van der Waals surface area (Å²) in [5.74, 6) is 0.770. The van der Waals surface area contributed by atoms with E-state index >= 15 is 0 Å². The molecule has 3 nitrogen and oxygen atoms in total. The Bertz CT molecular complexity index is 1090. The van der Waals surface area contributed by atoms with Gasteiger partial charge in [0.15, 0.2) is 0 Å². The number of anilines is 1. The molecule has 1 heterocycles. The predicted octanol–water partition coefficient (Wildman–Crippen LogP) is 6.41. The maximum absolute atomic E-state index is 6.11. The summed E-state index contributed by atoms with van der Waals surface area (Å²) in [6.07, 6.45) is 0. The quantitative estimate of drug-likeness (QED) is 0.429. The van der Waals surface area contributed by atoms with Crippen LogP contribution >= 0.6 is 11.6 Å². The van der Waals surface area contributed by atoms with Crippen molar-refractivity contribution >= 4 is 28.2 Å². The van der Waals surface area contributed by atoms with E-state index < -0.39 is 0 Å². The number of aromatic nitrogens is 1. The van der Waals surface area contributed by atoms with Crippen LogP contribution in [0.5, 0.6) is 5.75 Å². The van der Waals surface area contributed by atoms with Gasteiger partial charge < -0.3 is 10.1 Å². The topological polar surface area (TPSA) is 34.1 Å². The van der Waals surface area contributed by atoms with E-state index in [-0.39, 0.29) is 6.04 Å². The first-order valence-electron chi connectivity index (χ1n) is 9.17. The zero-order valence-corrected chi connectivity index (χ0v) is 16.6. The Morgan fingerprint density at radius 3 is 2.32 bits per heavy atom. The lowest BCUT2D eigenvalue weighted by atomic mass is 9.98. The van der Waals surface area contributed by atoms with Crippen molar-refractivity contribution in [2.75, 3.05) is 12.4 Å². The van der Waals surface area contributed by atoms with E-state index in [1.54, 1.807) is 7.11 Å². The second-order valence-electron chi connectivity index (χ2n) is 6.71. The van der Waals surface area contributed by atoms with Crippen LogP contribution in [0.3, 0.4) is 0 Å². The van der Waals surface area contributed by atoms with Crippen LogP contribution in [-0.2, 0) is 0 Å². The lowest BCUT2D eigenvalue weighted by Gasteiger charge is -2.23. The summed E-state index contributed by atoms with van der Waals surface area (Å²) in [4.78, 5) is 4.69. The lowest BCUT2D eigenvalue weighted by Crippen LogP contribution is -2.13. The number of fused-ring (bicyclic) bond motifs is 1. The highest BCUT2D eigenvalue weighted by atomic mass is 35.5. The van der Waals surface area contributed by atoms with Gasteiger partial charge in [0.2, 0.25) is 0 Å². The molecule has 0 spiro atoms. The van der Waals surface area contributed by atoms with Crippen molar-refractivity contribution < 1.29 is 4.74 Å². The minimum absolute atomic E-state index is 0.0188. The van der Waals surface area contributed by atoms with Crippen molar-refractivity contribution in [2.24, 2.45) is 0 Å². The van der Waals surface area contributed by atoms with Crippen LogP contribution in [0.15, 0.2) is 78.9 Å². The largest absolute Gasteiger partial charge is 0.494 e. The molecule has 0 aliphatic carbocycles. The number of rotatable bonds is 5. The van der Waals surface area contributed by atoms with Crippen LogP contribution in [0.2, 0.25) is 5.02 Å². The molecule has 28 heavy (non-hydrogen) atoms. The van der Waals surface area contributed by atoms with Crippen LogP contribution in [-0.4, -0.2) is 12.1 Å². The van der Waals surface area contributed by atoms with Gasteiger partial charge >= 0.3 is 0 Å². The fourth-order valence-electron chi connectivity index (χ4n) is 3.45. The molecule has 4 aromatic rings. The molecule has 4 heteroatoms. The van der Waals surface area contributed by atoms with Gasteiger partial charge in [0.05, 0.1) is 13.2 Å². The second kappa shape index (κ2) is 7.91. The van der Waals surface area contributed by atoms with E-state index in [1.165, 1.54) is 5.56 Å². The molecule has 3 aromatic carbocycles. The summed E-state index contributed by atoms with van der Waals surface area (Å²) >= 11 is 6.11. The zero-order valence-electron chi connectivity index (χ0n) is 15.8. The molecule has 0 aliphatic heterocycles. The summed E-state index contributed by atoms with van der Waals surface area (Å²) in [5, 5.41) is 5.48. The molecule has 0 bridgehead atoms. The van der Waals surface area contributed by atoms with Crippen LogP contribution in [0.1, 0.15) is 22.9 Å².